The van der Waals surface area contributed by atoms with Crippen molar-refractivity contribution in [1.82, 2.24) is 4.90 Å². The summed E-state index contributed by atoms with van der Waals surface area (Å²) in [7, 11) is 3.11. The van der Waals surface area contributed by atoms with Crippen LogP contribution in [0.5, 0.6) is 0 Å². The van der Waals surface area contributed by atoms with Crippen LogP contribution in [-0.2, 0) is 14.6 Å². The van der Waals surface area contributed by atoms with Gasteiger partial charge in [-0.2, -0.15) is 0 Å². The molecule has 0 aromatic rings. The monoisotopic (exact) mass is 216 g/mol. The van der Waals surface area contributed by atoms with Crippen molar-refractivity contribution in [2.75, 3.05) is 33.9 Å². The molecule has 0 amide bonds. The molecule has 1 fully saturated rings. The maximum absolute atomic E-state index is 4.99. The van der Waals surface area contributed by atoms with Crippen LogP contribution in [0.3, 0.4) is 0 Å². The van der Waals surface area contributed by atoms with Crippen molar-refractivity contribution in [3.05, 3.63) is 0 Å². The van der Waals surface area contributed by atoms with E-state index in [1.807, 2.05) is 0 Å². The van der Waals surface area contributed by atoms with E-state index >= 15 is 0 Å². The second kappa shape index (κ2) is 6.76. The van der Waals surface area contributed by atoms with Gasteiger partial charge in [-0.25, -0.2) is 9.78 Å². The van der Waals surface area contributed by atoms with Crippen LogP contribution in [0.15, 0.2) is 5.16 Å². The van der Waals surface area contributed by atoms with Gasteiger partial charge in [0.05, 0.1) is 19.4 Å². The zero-order valence-electron chi connectivity index (χ0n) is 9.73. The molecule has 0 aromatic carbocycles. The zero-order chi connectivity index (χ0) is 11.1. The van der Waals surface area contributed by atoms with Crippen molar-refractivity contribution in [3.63, 3.8) is 0 Å². The Balaban J connectivity index is 2.49. The molecule has 0 aromatic heterocycles. The lowest BCUT2D eigenvalue weighted by Gasteiger charge is -2.34. The molecule has 88 valence electrons. The second-order valence-corrected chi connectivity index (χ2v) is 3.53. The molecular weight excluding hydrogens is 196 g/mol. The Kier molecular flexibility index (Phi) is 5.60. The minimum atomic E-state index is 0.345. The first-order valence-corrected chi connectivity index (χ1v) is 5.30. The number of hydrogen-bond donors (Lipinski definition) is 0. The van der Waals surface area contributed by atoms with Crippen LogP contribution in [0, 0.1) is 0 Å². The minimum absolute atomic E-state index is 0.345. The number of hydrogen-bond acceptors (Lipinski definition) is 5. The summed E-state index contributed by atoms with van der Waals surface area (Å²) in [6, 6.07) is 0.345. The third-order valence-electron chi connectivity index (χ3n) is 2.68. The van der Waals surface area contributed by atoms with E-state index in [0.29, 0.717) is 12.6 Å². The van der Waals surface area contributed by atoms with Crippen molar-refractivity contribution in [2.24, 2.45) is 5.16 Å². The van der Waals surface area contributed by atoms with Crippen LogP contribution < -0.4 is 0 Å². The van der Waals surface area contributed by atoms with Gasteiger partial charge in [0.2, 0.25) is 0 Å². The normalized spacial score (nSPS) is 25.8. The molecule has 15 heavy (non-hydrogen) atoms. The molecule has 0 spiro atoms. The van der Waals surface area contributed by atoms with Crippen molar-refractivity contribution in [1.29, 1.82) is 0 Å². The lowest BCUT2D eigenvalue weighted by Crippen LogP contribution is -2.45. The van der Waals surface area contributed by atoms with Gasteiger partial charge in [-0.05, 0) is 6.54 Å². The smallest absolute Gasteiger partial charge is 0.106 e. The van der Waals surface area contributed by atoms with Crippen molar-refractivity contribution in [2.45, 2.75) is 25.8 Å². The first-order valence-electron chi connectivity index (χ1n) is 5.30. The molecule has 5 nitrogen and oxygen atoms in total. The first kappa shape index (κ1) is 12.4. The number of oxime groups is 1. The topological polar surface area (TPSA) is 43.3 Å². The number of piperidine rings is 1. The lowest BCUT2D eigenvalue weighted by atomic mass is 10.0. The molecule has 1 atom stereocenters. The molecule has 1 heterocycles. The molecular formula is C10H20N2O3. The quantitative estimate of drug-likeness (QED) is 0.509. The molecule has 0 N–H and O–H groups in total. The van der Waals surface area contributed by atoms with E-state index in [-0.39, 0.29) is 0 Å². The van der Waals surface area contributed by atoms with Crippen molar-refractivity contribution < 1.29 is 14.6 Å². The predicted octanol–water partition coefficient (Wildman–Crippen LogP) is 1.05. The van der Waals surface area contributed by atoms with E-state index in [1.165, 1.54) is 7.11 Å². The Morgan fingerprint density at radius 3 is 2.87 bits per heavy atom. The van der Waals surface area contributed by atoms with Crippen LogP contribution in [0.4, 0.5) is 0 Å². The zero-order valence-corrected chi connectivity index (χ0v) is 9.73. The fourth-order valence-electron chi connectivity index (χ4n) is 1.90. The van der Waals surface area contributed by atoms with Gasteiger partial charge in [0, 0.05) is 25.4 Å². The lowest BCUT2D eigenvalue weighted by molar-refractivity contribution is -0.280. The van der Waals surface area contributed by atoms with Gasteiger partial charge >= 0.3 is 0 Å². The number of likely N-dealkylation sites (tertiary alicyclic amines) is 1. The van der Waals surface area contributed by atoms with E-state index in [2.05, 4.69) is 21.9 Å². The van der Waals surface area contributed by atoms with E-state index in [1.54, 1.807) is 7.11 Å². The molecule has 1 aliphatic heterocycles. The Hall–Kier alpha value is -0.650. The maximum atomic E-state index is 4.99. The van der Waals surface area contributed by atoms with Gasteiger partial charge in [-0.15, -0.1) is 0 Å². The predicted molar refractivity (Wildman–Crippen MR) is 57.7 cm³/mol. The highest BCUT2D eigenvalue weighted by molar-refractivity contribution is 5.85. The summed E-state index contributed by atoms with van der Waals surface area (Å²) in [4.78, 5) is 16.8. The molecule has 0 saturated carbocycles. The Labute approximate surface area is 90.9 Å². The first-order chi connectivity index (χ1) is 7.31. The molecule has 0 radical (unpaired) electrons. The van der Waals surface area contributed by atoms with Gasteiger partial charge in [0.1, 0.15) is 7.11 Å². The van der Waals surface area contributed by atoms with Gasteiger partial charge < -0.3 is 4.84 Å². The highest BCUT2D eigenvalue weighted by Crippen LogP contribution is 2.15. The van der Waals surface area contributed by atoms with E-state index in [0.717, 1.165) is 31.6 Å². The molecule has 1 unspecified atom stereocenters. The molecule has 1 rings (SSSR count). The second-order valence-electron chi connectivity index (χ2n) is 3.53. The Morgan fingerprint density at radius 1 is 1.47 bits per heavy atom. The fraction of sp³-hybridized carbons (Fsp3) is 0.900. The molecule has 1 saturated heterocycles. The molecule has 0 aliphatic carbocycles. The minimum Gasteiger partial charge on any atom is -0.399 e. The summed E-state index contributed by atoms with van der Waals surface area (Å²) in [5, 5.41) is 4.00. The average Bonchev–Trinajstić information content (AvgIpc) is 2.27. The molecule has 5 heteroatoms. The van der Waals surface area contributed by atoms with Crippen molar-refractivity contribution >= 4 is 5.71 Å². The van der Waals surface area contributed by atoms with Gasteiger partial charge in [-0.3, -0.25) is 4.90 Å². The van der Waals surface area contributed by atoms with Gasteiger partial charge in [0.25, 0.3) is 0 Å². The number of nitrogens with zero attached hydrogens (tertiary/aromatic N) is 2. The van der Waals surface area contributed by atoms with E-state index in [4.69, 9.17) is 9.73 Å². The summed E-state index contributed by atoms with van der Waals surface area (Å²) in [6.07, 6.45) is 1.87. The van der Waals surface area contributed by atoms with E-state index < -0.39 is 0 Å². The number of likely N-dealkylation sites (N-methyl/N-ethyl adjacent to an activating group) is 1. The third kappa shape index (κ3) is 3.77. The summed E-state index contributed by atoms with van der Waals surface area (Å²) in [6.45, 7) is 4.76. The molecule has 0 bridgehead atoms. The Bertz CT molecular complexity index is 209. The summed E-state index contributed by atoms with van der Waals surface area (Å²) >= 11 is 0. The highest BCUT2D eigenvalue weighted by Gasteiger charge is 2.25. The molecule has 1 aliphatic rings. The van der Waals surface area contributed by atoms with Gasteiger partial charge in [-0.1, -0.05) is 12.1 Å². The third-order valence-corrected chi connectivity index (χ3v) is 2.68. The van der Waals surface area contributed by atoms with Crippen LogP contribution in [-0.4, -0.2) is 50.6 Å². The van der Waals surface area contributed by atoms with Crippen molar-refractivity contribution in [3.8, 4) is 0 Å². The summed E-state index contributed by atoms with van der Waals surface area (Å²) in [5.74, 6) is 0. The fourth-order valence-corrected chi connectivity index (χ4v) is 1.90. The van der Waals surface area contributed by atoms with Crippen LogP contribution in [0.1, 0.15) is 19.8 Å². The van der Waals surface area contributed by atoms with E-state index in [9.17, 15) is 0 Å². The highest BCUT2D eigenvalue weighted by atomic mass is 17.2. The van der Waals surface area contributed by atoms with Crippen LogP contribution >= 0.6 is 0 Å². The van der Waals surface area contributed by atoms with Crippen LogP contribution in [0.25, 0.3) is 0 Å². The van der Waals surface area contributed by atoms with Crippen LogP contribution in [0.2, 0.25) is 0 Å². The average molecular weight is 216 g/mol. The Morgan fingerprint density at radius 2 is 2.27 bits per heavy atom. The standard InChI is InChI=1S/C10H20N2O3/c1-4-12-6-5-9(11-13-2)7-10(12)8-15-14-3/h10H,4-8H2,1-3H3/b11-9+. The summed E-state index contributed by atoms with van der Waals surface area (Å²) in [5.41, 5.74) is 1.10. The SMILES string of the molecule is CCN1CC/C(=N\OC)CC1COOC. The largest absolute Gasteiger partial charge is 0.399 e. The number of rotatable bonds is 5. The summed E-state index contributed by atoms with van der Waals surface area (Å²) < 4.78 is 0. The maximum Gasteiger partial charge on any atom is 0.106 e. The van der Waals surface area contributed by atoms with Gasteiger partial charge in [0.15, 0.2) is 0 Å².